The summed E-state index contributed by atoms with van der Waals surface area (Å²) in [6, 6.07) is 3.53. The zero-order chi connectivity index (χ0) is 20.9. The van der Waals surface area contributed by atoms with E-state index in [4.69, 9.17) is 0 Å². The SMILES string of the molecule is CCNc1nnc(SCC(=O)Nc2cc(C(F)(F)F)ccc2N2CCCCC2)s1. The van der Waals surface area contributed by atoms with Gasteiger partial charge in [-0.25, -0.2) is 0 Å². The lowest BCUT2D eigenvalue weighted by Gasteiger charge is -2.31. The number of rotatable bonds is 7. The van der Waals surface area contributed by atoms with Gasteiger partial charge in [-0.05, 0) is 44.4 Å². The maximum Gasteiger partial charge on any atom is 0.416 e. The third kappa shape index (κ3) is 5.99. The van der Waals surface area contributed by atoms with Crippen LogP contribution in [-0.4, -0.2) is 41.5 Å². The number of carbonyl (C=O) groups is 1. The third-order valence-corrected chi connectivity index (χ3v) is 6.37. The van der Waals surface area contributed by atoms with Crippen LogP contribution in [-0.2, 0) is 11.0 Å². The average molecular weight is 446 g/mol. The molecule has 1 saturated heterocycles. The molecule has 0 radical (unpaired) electrons. The van der Waals surface area contributed by atoms with E-state index in [2.05, 4.69) is 20.8 Å². The summed E-state index contributed by atoms with van der Waals surface area (Å²) in [6.07, 6.45) is -1.40. The summed E-state index contributed by atoms with van der Waals surface area (Å²) < 4.78 is 40.1. The first-order valence-electron chi connectivity index (χ1n) is 9.33. The van der Waals surface area contributed by atoms with Crippen molar-refractivity contribution in [3.63, 3.8) is 0 Å². The fourth-order valence-electron chi connectivity index (χ4n) is 3.03. The molecular weight excluding hydrogens is 423 g/mol. The molecule has 11 heteroatoms. The van der Waals surface area contributed by atoms with Crippen molar-refractivity contribution < 1.29 is 18.0 Å². The van der Waals surface area contributed by atoms with Crippen molar-refractivity contribution in [1.29, 1.82) is 0 Å². The number of halogens is 3. The maximum atomic E-state index is 13.2. The van der Waals surface area contributed by atoms with Gasteiger partial charge in [-0.3, -0.25) is 4.79 Å². The Balaban J connectivity index is 1.71. The highest BCUT2D eigenvalue weighted by atomic mass is 32.2. The number of thioether (sulfide) groups is 1. The molecule has 1 aliphatic rings. The van der Waals surface area contributed by atoms with Crippen LogP contribution in [0.3, 0.4) is 0 Å². The summed E-state index contributed by atoms with van der Waals surface area (Å²) in [5.41, 5.74) is 0.0416. The first-order valence-corrected chi connectivity index (χ1v) is 11.1. The topological polar surface area (TPSA) is 70.1 Å². The molecule has 0 saturated carbocycles. The van der Waals surface area contributed by atoms with Crippen LogP contribution in [0.15, 0.2) is 22.5 Å². The van der Waals surface area contributed by atoms with Gasteiger partial charge in [0.05, 0.1) is 22.7 Å². The number of anilines is 3. The van der Waals surface area contributed by atoms with E-state index < -0.39 is 11.7 Å². The normalized spacial score (nSPS) is 14.7. The van der Waals surface area contributed by atoms with Gasteiger partial charge in [0.15, 0.2) is 4.34 Å². The van der Waals surface area contributed by atoms with Crippen LogP contribution < -0.4 is 15.5 Å². The third-order valence-electron chi connectivity index (χ3n) is 4.36. The van der Waals surface area contributed by atoms with Crippen molar-refractivity contribution in [2.24, 2.45) is 0 Å². The molecule has 0 aliphatic carbocycles. The molecule has 1 aliphatic heterocycles. The Hall–Kier alpha value is -2.01. The van der Waals surface area contributed by atoms with E-state index in [-0.39, 0.29) is 17.3 Å². The highest BCUT2D eigenvalue weighted by molar-refractivity contribution is 8.01. The van der Waals surface area contributed by atoms with Gasteiger partial charge in [-0.15, -0.1) is 10.2 Å². The standard InChI is InChI=1S/C18H22F3N5OS2/c1-2-22-16-24-25-17(29-16)28-11-15(27)23-13-10-12(18(19,20)21)6-7-14(13)26-8-4-3-5-9-26/h6-7,10H,2-5,8-9,11H2,1H3,(H,22,24)(H,23,27). The lowest BCUT2D eigenvalue weighted by molar-refractivity contribution is -0.137. The molecule has 29 heavy (non-hydrogen) atoms. The fourth-order valence-corrected chi connectivity index (χ4v) is 4.65. The van der Waals surface area contributed by atoms with E-state index >= 15 is 0 Å². The molecule has 1 aromatic heterocycles. The zero-order valence-corrected chi connectivity index (χ0v) is 17.5. The zero-order valence-electron chi connectivity index (χ0n) is 15.9. The Kier molecular flexibility index (Phi) is 7.23. The summed E-state index contributed by atoms with van der Waals surface area (Å²) >= 11 is 2.53. The molecule has 158 valence electrons. The minimum absolute atomic E-state index is 0.0381. The fraction of sp³-hybridized carbons (Fsp3) is 0.500. The molecule has 0 atom stereocenters. The smallest absolute Gasteiger partial charge is 0.370 e. The molecule has 3 rings (SSSR count). The van der Waals surface area contributed by atoms with Gasteiger partial charge in [-0.1, -0.05) is 23.1 Å². The van der Waals surface area contributed by atoms with Gasteiger partial charge in [0.1, 0.15) is 0 Å². The van der Waals surface area contributed by atoms with Crippen molar-refractivity contribution >= 4 is 45.5 Å². The molecule has 2 aromatic rings. The first-order chi connectivity index (χ1) is 13.9. The van der Waals surface area contributed by atoms with Crippen LogP contribution in [0.1, 0.15) is 31.7 Å². The number of aromatic nitrogens is 2. The number of amides is 1. The van der Waals surface area contributed by atoms with Crippen LogP contribution in [0.25, 0.3) is 0 Å². The highest BCUT2D eigenvalue weighted by Crippen LogP contribution is 2.36. The second-order valence-corrected chi connectivity index (χ2v) is 8.72. The number of piperidine rings is 1. The van der Waals surface area contributed by atoms with E-state index in [1.807, 2.05) is 11.8 Å². The van der Waals surface area contributed by atoms with Crippen molar-refractivity contribution in [3.8, 4) is 0 Å². The van der Waals surface area contributed by atoms with Crippen molar-refractivity contribution in [3.05, 3.63) is 23.8 Å². The minimum Gasteiger partial charge on any atom is -0.370 e. The number of hydrogen-bond acceptors (Lipinski definition) is 7. The number of nitrogens with one attached hydrogen (secondary N) is 2. The first kappa shape index (κ1) is 21.7. The van der Waals surface area contributed by atoms with Crippen LogP contribution in [0.5, 0.6) is 0 Å². The second-order valence-electron chi connectivity index (χ2n) is 6.52. The molecule has 0 unspecified atom stereocenters. The summed E-state index contributed by atoms with van der Waals surface area (Å²) in [6.45, 7) is 4.19. The predicted molar refractivity (Wildman–Crippen MR) is 111 cm³/mol. The minimum atomic E-state index is -4.47. The average Bonchev–Trinajstić information content (AvgIpc) is 3.14. The number of benzene rings is 1. The van der Waals surface area contributed by atoms with E-state index in [1.54, 1.807) is 0 Å². The van der Waals surface area contributed by atoms with Gasteiger partial charge < -0.3 is 15.5 Å². The van der Waals surface area contributed by atoms with Gasteiger partial charge >= 0.3 is 6.18 Å². The monoisotopic (exact) mass is 445 g/mol. The Morgan fingerprint density at radius 3 is 2.69 bits per heavy atom. The van der Waals surface area contributed by atoms with Gasteiger partial charge in [0.25, 0.3) is 0 Å². The predicted octanol–water partition coefficient (Wildman–Crippen LogP) is 4.71. The lowest BCUT2D eigenvalue weighted by Crippen LogP contribution is -2.30. The van der Waals surface area contributed by atoms with Crippen molar-refractivity contribution in [2.45, 2.75) is 36.7 Å². The maximum absolute atomic E-state index is 13.2. The molecular formula is C18H22F3N5OS2. The Morgan fingerprint density at radius 2 is 2.00 bits per heavy atom. The van der Waals surface area contributed by atoms with Gasteiger partial charge in [0.2, 0.25) is 11.0 Å². The molecule has 0 spiro atoms. The summed E-state index contributed by atoms with van der Waals surface area (Å²) in [5.74, 6) is -0.344. The Bertz CT molecular complexity index is 837. The quantitative estimate of drug-likeness (QED) is 0.602. The molecule has 2 N–H and O–H groups in total. The van der Waals surface area contributed by atoms with E-state index in [0.29, 0.717) is 21.7 Å². The number of nitrogens with zero attached hydrogens (tertiary/aromatic N) is 3. The van der Waals surface area contributed by atoms with E-state index in [0.717, 1.165) is 44.5 Å². The molecule has 2 heterocycles. The summed E-state index contributed by atoms with van der Waals surface area (Å²) in [7, 11) is 0. The number of carbonyl (C=O) groups excluding carboxylic acids is 1. The number of hydrogen-bond donors (Lipinski definition) is 2. The molecule has 6 nitrogen and oxygen atoms in total. The summed E-state index contributed by atoms with van der Waals surface area (Å²) in [4.78, 5) is 14.5. The van der Waals surface area contributed by atoms with Crippen molar-refractivity contribution in [1.82, 2.24) is 10.2 Å². The van der Waals surface area contributed by atoms with E-state index in [1.165, 1.54) is 29.2 Å². The van der Waals surface area contributed by atoms with E-state index in [9.17, 15) is 18.0 Å². The molecule has 0 bridgehead atoms. The Morgan fingerprint density at radius 1 is 1.24 bits per heavy atom. The van der Waals surface area contributed by atoms with Gasteiger partial charge in [0, 0.05) is 19.6 Å². The summed E-state index contributed by atoms with van der Waals surface area (Å²) in [5, 5.41) is 14.3. The van der Waals surface area contributed by atoms with Crippen molar-refractivity contribution in [2.75, 3.05) is 40.9 Å². The molecule has 1 aromatic carbocycles. The van der Waals surface area contributed by atoms with Gasteiger partial charge in [-0.2, -0.15) is 13.2 Å². The highest BCUT2D eigenvalue weighted by Gasteiger charge is 2.31. The van der Waals surface area contributed by atoms with Crippen LogP contribution >= 0.6 is 23.1 Å². The van der Waals surface area contributed by atoms with Crippen LogP contribution in [0, 0.1) is 0 Å². The molecule has 1 fully saturated rings. The Labute approximate surface area is 175 Å². The number of alkyl halides is 3. The largest absolute Gasteiger partial charge is 0.416 e. The second kappa shape index (κ2) is 9.66. The lowest BCUT2D eigenvalue weighted by atomic mass is 10.1. The molecule has 1 amide bonds. The van der Waals surface area contributed by atoms with Crippen LogP contribution in [0.4, 0.5) is 29.7 Å². The van der Waals surface area contributed by atoms with Crippen LogP contribution in [0.2, 0.25) is 0 Å².